The van der Waals surface area contributed by atoms with Crippen LogP contribution in [-0.2, 0) is 0 Å². The zero-order valence-corrected chi connectivity index (χ0v) is 12.1. The number of methoxy groups -OCH3 is 4. The smallest absolute Gasteiger partial charge is 0.134 e. The van der Waals surface area contributed by atoms with Crippen LogP contribution in [0, 0.1) is 0 Å². The minimum absolute atomic E-state index is 0.691. The van der Waals surface area contributed by atoms with Gasteiger partial charge in [0.2, 0.25) is 0 Å². The van der Waals surface area contributed by atoms with Crippen LogP contribution in [0.1, 0.15) is 0 Å². The Morgan fingerprint density at radius 3 is 1.50 bits per heavy atom. The SMILES string of the molecule is COc1ccc(-c2c(OC)cc(OC)cc2OC)cc1. The minimum atomic E-state index is 0.691. The normalized spacial score (nSPS) is 10.0. The van der Waals surface area contributed by atoms with Crippen molar-refractivity contribution in [2.45, 2.75) is 0 Å². The summed E-state index contributed by atoms with van der Waals surface area (Å²) in [5.74, 6) is 2.90. The van der Waals surface area contributed by atoms with Crippen LogP contribution in [0.3, 0.4) is 0 Å². The highest BCUT2D eigenvalue weighted by atomic mass is 16.5. The molecule has 0 fully saturated rings. The number of rotatable bonds is 5. The van der Waals surface area contributed by atoms with Gasteiger partial charge in [-0.25, -0.2) is 0 Å². The second-order valence-electron chi connectivity index (χ2n) is 4.14. The molecular weight excluding hydrogens is 256 g/mol. The number of ether oxygens (including phenoxy) is 4. The first-order chi connectivity index (χ1) is 9.73. The Hall–Kier alpha value is -2.36. The van der Waals surface area contributed by atoms with Gasteiger partial charge in [-0.1, -0.05) is 12.1 Å². The van der Waals surface area contributed by atoms with Crippen molar-refractivity contribution in [3.63, 3.8) is 0 Å². The van der Waals surface area contributed by atoms with Gasteiger partial charge >= 0.3 is 0 Å². The van der Waals surface area contributed by atoms with Gasteiger partial charge in [-0.15, -0.1) is 0 Å². The summed E-state index contributed by atoms with van der Waals surface area (Å²) in [4.78, 5) is 0. The average Bonchev–Trinajstić information content (AvgIpc) is 2.53. The van der Waals surface area contributed by atoms with E-state index in [9.17, 15) is 0 Å². The van der Waals surface area contributed by atoms with E-state index < -0.39 is 0 Å². The number of hydrogen-bond donors (Lipinski definition) is 0. The lowest BCUT2D eigenvalue weighted by Gasteiger charge is -2.15. The van der Waals surface area contributed by atoms with Gasteiger partial charge in [-0.3, -0.25) is 0 Å². The zero-order chi connectivity index (χ0) is 14.5. The van der Waals surface area contributed by atoms with Crippen molar-refractivity contribution >= 4 is 0 Å². The Bertz CT molecular complexity index is 551. The molecule has 106 valence electrons. The lowest BCUT2D eigenvalue weighted by atomic mass is 10.0. The van der Waals surface area contributed by atoms with Crippen molar-refractivity contribution in [3.05, 3.63) is 36.4 Å². The highest BCUT2D eigenvalue weighted by Gasteiger charge is 2.15. The molecule has 0 amide bonds. The molecule has 0 aromatic heterocycles. The molecule has 0 heterocycles. The van der Waals surface area contributed by atoms with E-state index in [2.05, 4.69) is 0 Å². The van der Waals surface area contributed by atoms with Gasteiger partial charge in [0.05, 0.1) is 34.0 Å². The molecule has 0 bridgehead atoms. The fraction of sp³-hybridized carbons (Fsp3) is 0.250. The van der Waals surface area contributed by atoms with Gasteiger partial charge in [-0.05, 0) is 17.7 Å². The summed E-state index contributed by atoms with van der Waals surface area (Å²) < 4.78 is 21.3. The molecule has 4 heteroatoms. The molecule has 0 N–H and O–H groups in total. The fourth-order valence-corrected chi connectivity index (χ4v) is 2.05. The summed E-state index contributed by atoms with van der Waals surface area (Å²) in [5, 5.41) is 0. The van der Waals surface area contributed by atoms with Gasteiger partial charge < -0.3 is 18.9 Å². The molecule has 0 aliphatic rings. The molecule has 0 spiro atoms. The van der Waals surface area contributed by atoms with Gasteiger partial charge in [-0.2, -0.15) is 0 Å². The Morgan fingerprint density at radius 1 is 0.600 bits per heavy atom. The second-order valence-corrected chi connectivity index (χ2v) is 4.14. The van der Waals surface area contributed by atoms with Gasteiger partial charge in [0.15, 0.2) is 0 Å². The topological polar surface area (TPSA) is 36.9 Å². The van der Waals surface area contributed by atoms with E-state index in [1.807, 2.05) is 36.4 Å². The summed E-state index contributed by atoms with van der Waals surface area (Å²) in [6.45, 7) is 0. The minimum Gasteiger partial charge on any atom is -0.497 e. The predicted octanol–water partition coefficient (Wildman–Crippen LogP) is 3.39. The third-order valence-corrected chi connectivity index (χ3v) is 3.09. The molecule has 2 aromatic carbocycles. The third-order valence-electron chi connectivity index (χ3n) is 3.09. The second kappa shape index (κ2) is 6.19. The molecule has 2 aromatic rings. The van der Waals surface area contributed by atoms with Crippen LogP contribution in [0.4, 0.5) is 0 Å². The summed E-state index contributed by atoms with van der Waals surface area (Å²) >= 11 is 0. The van der Waals surface area contributed by atoms with Crippen LogP contribution in [-0.4, -0.2) is 28.4 Å². The molecular formula is C16H18O4. The van der Waals surface area contributed by atoms with Crippen LogP contribution >= 0.6 is 0 Å². The first-order valence-electron chi connectivity index (χ1n) is 6.18. The van der Waals surface area contributed by atoms with E-state index in [1.54, 1.807) is 28.4 Å². The third kappa shape index (κ3) is 2.64. The standard InChI is InChI=1S/C16H18O4/c1-17-12-7-5-11(6-8-12)16-14(19-3)9-13(18-2)10-15(16)20-4/h5-10H,1-4H3. The first-order valence-corrected chi connectivity index (χ1v) is 6.18. The van der Waals surface area contributed by atoms with Crippen molar-refractivity contribution in [2.75, 3.05) is 28.4 Å². The molecule has 0 radical (unpaired) electrons. The summed E-state index contributed by atoms with van der Waals surface area (Å²) in [6, 6.07) is 11.4. The molecule has 0 unspecified atom stereocenters. The fourth-order valence-electron chi connectivity index (χ4n) is 2.05. The largest absolute Gasteiger partial charge is 0.497 e. The summed E-state index contributed by atoms with van der Waals surface area (Å²) in [6.07, 6.45) is 0. The van der Waals surface area contributed by atoms with Gasteiger partial charge in [0.1, 0.15) is 23.0 Å². The zero-order valence-electron chi connectivity index (χ0n) is 12.1. The van der Waals surface area contributed by atoms with E-state index in [-0.39, 0.29) is 0 Å². The average molecular weight is 274 g/mol. The van der Waals surface area contributed by atoms with Gasteiger partial charge in [0, 0.05) is 12.1 Å². The highest BCUT2D eigenvalue weighted by Crippen LogP contribution is 2.42. The van der Waals surface area contributed by atoms with Crippen LogP contribution < -0.4 is 18.9 Å². The molecule has 0 aliphatic carbocycles. The molecule has 2 rings (SSSR count). The quantitative estimate of drug-likeness (QED) is 0.837. The molecule has 0 saturated heterocycles. The maximum Gasteiger partial charge on any atom is 0.134 e. The van der Waals surface area contributed by atoms with Crippen molar-refractivity contribution in [1.82, 2.24) is 0 Å². The molecule has 0 saturated carbocycles. The van der Waals surface area contributed by atoms with E-state index in [0.717, 1.165) is 16.9 Å². The van der Waals surface area contributed by atoms with Crippen LogP contribution in [0.25, 0.3) is 11.1 Å². The maximum absolute atomic E-state index is 5.45. The predicted molar refractivity (Wildman–Crippen MR) is 78.1 cm³/mol. The van der Waals surface area contributed by atoms with Crippen molar-refractivity contribution in [2.24, 2.45) is 0 Å². The van der Waals surface area contributed by atoms with Crippen molar-refractivity contribution < 1.29 is 18.9 Å². The van der Waals surface area contributed by atoms with Gasteiger partial charge in [0.25, 0.3) is 0 Å². The summed E-state index contributed by atoms with van der Waals surface area (Å²) in [7, 11) is 6.51. The van der Waals surface area contributed by atoms with Crippen LogP contribution in [0.2, 0.25) is 0 Å². The van der Waals surface area contributed by atoms with Crippen molar-refractivity contribution in [3.8, 4) is 34.1 Å². The Kier molecular flexibility index (Phi) is 4.35. The molecule has 0 atom stereocenters. The number of hydrogen-bond acceptors (Lipinski definition) is 4. The highest BCUT2D eigenvalue weighted by molar-refractivity contribution is 5.78. The Balaban J connectivity index is 2.57. The molecule has 20 heavy (non-hydrogen) atoms. The first kappa shape index (κ1) is 14.1. The molecule has 0 aliphatic heterocycles. The van der Waals surface area contributed by atoms with E-state index in [1.165, 1.54) is 0 Å². The maximum atomic E-state index is 5.45. The monoisotopic (exact) mass is 274 g/mol. The van der Waals surface area contributed by atoms with E-state index in [0.29, 0.717) is 17.2 Å². The van der Waals surface area contributed by atoms with Crippen LogP contribution in [0.5, 0.6) is 23.0 Å². The lowest BCUT2D eigenvalue weighted by molar-refractivity contribution is 0.377. The van der Waals surface area contributed by atoms with E-state index in [4.69, 9.17) is 18.9 Å². The summed E-state index contributed by atoms with van der Waals surface area (Å²) in [5.41, 5.74) is 1.88. The van der Waals surface area contributed by atoms with Crippen molar-refractivity contribution in [1.29, 1.82) is 0 Å². The molecule has 4 nitrogen and oxygen atoms in total. The van der Waals surface area contributed by atoms with E-state index >= 15 is 0 Å². The Labute approximate surface area is 118 Å². The Morgan fingerprint density at radius 2 is 1.10 bits per heavy atom. The number of benzene rings is 2. The van der Waals surface area contributed by atoms with Crippen LogP contribution in [0.15, 0.2) is 36.4 Å². The lowest BCUT2D eigenvalue weighted by Crippen LogP contribution is -1.95.